The first kappa shape index (κ1) is 14.4. The van der Waals surface area contributed by atoms with Gasteiger partial charge in [-0.2, -0.15) is 0 Å². The van der Waals surface area contributed by atoms with Crippen molar-refractivity contribution in [3.63, 3.8) is 0 Å². The van der Waals surface area contributed by atoms with Gasteiger partial charge in [0.25, 0.3) is 0 Å². The van der Waals surface area contributed by atoms with Crippen LogP contribution in [0.1, 0.15) is 40.5 Å². The quantitative estimate of drug-likeness (QED) is 0.634. The van der Waals surface area contributed by atoms with Crippen molar-refractivity contribution >= 4 is 0 Å². The van der Waals surface area contributed by atoms with Crippen LogP contribution in [0.2, 0.25) is 0 Å². The number of rotatable bonds is 7. The van der Waals surface area contributed by atoms with Gasteiger partial charge in [0, 0.05) is 6.61 Å². The van der Waals surface area contributed by atoms with E-state index >= 15 is 0 Å². The van der Waals surface area contributed by atoms with E-state index < -0.39 is 0 Å². The lowest BCUT2D eigenvalue weighted by Gasteiger charge is -2.03. The van der Waals surface area contributed by atoms with E-state index in [0.29, 0.717) is 11.8 Å². The Morgan fingerprint density at radius 1 is 0.933 bits per heavy atom. The fourth-order valence-corrected chi connectivity index (χ4v) is 1.23. The van der Waals surface area contributed by atoms with Crippen LogP contribution in [0.4, 0.5) is 0 Å². The van der Waals surface area contributed by atoms with Crippen molar-refractivity contribution in [3.8, 4) is 0 Å². The zero-order chi connectivity index (χ0) is 11.7. The fourth-order valence-electron chi connectivity index (χ4n) is 1.23. The van der Waals surface area contributed by atoms with Crippen LogP contribution >= 0.6 is 0 Å². The fraction of sp³-hybridized carbons (Fsp3) is 0.714. The van der Waals surface area contributed by atoms with Crippen molar-refractivity contribution in [2.45, 2.75) is 40.5 Å². The van der Waals surface area contributed by atoms with Crippen molar-refractivity contribution in [1.82, 2.24) is 0 Å². The molecule has 15 heavy (non-hydrogen) atoms. The Bertz CT molecular complexity index is 192. The van der Waals surface area contributed by atoms with Gasteiger partial charge in [0.1, 0.15) is 0 Å². The topological polar surface area (TPSA) is 20.2 Å². The van der Waals surface area contributed by atoms with Gasteiger partial charge in [-0.15, -0.1) is 0 Å². The predicted octanol–water partition coefficient (Wildman–Crippen LogP) is 3.80. The highest BCUT2D eigenvalue weighted by Gasteiger charge is 1.96. The maximum Gasteiger partial charge on any atom is 0.0459 e. The molecule has 1 heteroatoms. The van der Waals surface area contributed by atoms with Crippen LogP contribution in [-0.2, 0) is 0 Å². The molecule has 0 aliphatic carbocycles. The molecule has 0 heterocycles. The first-order chi connectivity index (χ1) is 7.06. The Balaban J connectivity index is 3.72. The third-order valence-corrected chi connectivity index (χ3v) is 2.34. The van der Waals surface area contributed by atoms with E-state index in [1.54, 1.807) is 0 Å². The predicted molar refractivity (Wildman–Crippen MR) is 67.8 cm³/mol. The summed E-state index contributed by atoms with van der Waals surface area (Å²) in [4.78, 5) is 0. The molecule has 0 aromatic carbocycles. The smallest absolute Gasteiger partial charge is 0.0459 e. The van der Waals surface area contributed by atoms with Gasteiger partial charge in [0.2, 0.25) is 0 Å². The average Bonchev–Trinajstić information content (AvgIpc) is 2.17. The highest BCUT2D eigenvalue weighted by Crippen LogP contribution is 2.07. The standard InChI is InChI=1S/C14H26O/c1-12(2)7-5-8-13(3)9-6-10-14(4)11-15/h5-6,8-9,12-15H,7,10-11H2,1-4H3/b8-5?,9-6+/t13-,14-/m1/s1. The van der Waals surface area contributed by atoms with Crippen LogP contribution in [0.3, 0.4) is 0 Å². The van der Waals surface area contributed by atoms with E-state index in [1.807, 2.05) is 0 Å². The molecule has 0 aromatic heterocycles. The van der Waals surface area contributed by atoms with Gasteiger partial charge < -0.3 is 5.11 Å². The van der Waals surface area contributed by atoms with Crippen molar-refractivity contribution in [3.05, 3.63) is 24.3 Å². The van der Waals surface area contributed by atoms with Gasteiger partial charge in [0.05, 0.1) is 0 Å². The molecule has 0 radical (unpaired) electrons. The van der Waals surface area contributed by atoms with E-state index in [9.17, 15) is 0 Å². The van der Waals surface area contributed by atoms with Crippen LogP contribution in [0.15, 0.2) is 24.3 Å². The lowest BCUT2D eigenvalue weighted by Crippen LogP contribution is -1.98. The monoisotopic (exact) mass is 210 g/mol. The molecule has 1 N–H and O–H groups in total. The minimum atomic E-state index is 0.280. The molecule has 0 aromatic rings. The summed E-state index contributed by atoms with van der Waals surface area (Å²) in [7, 11) is 0. The van der Waals surface area contributed by atoms with Gasteiger partial charge in [-0.25, -0.2) is 0 Å². The Morgan fingerprint density at radius 2 is 1.47 bits per heavy atom. The van der Waals surface area contributed by atoms with E-state index in [-0.39, 0.29) is 6.61 Å². The lowest BCUT2D eigenvalue weighted by atomic mass is 10.0. The largest absolute Gasteiger partial charge is 0.396 e. The summed E-state index contributed by atoms with van der Waals surface area (Å²) < 4.78 is 0. The van der Waals surface area contributed by atoms with Crippen LogP contribution in [0, 0.1) is 17.8 Å². The second kappa shape index (κ2) is 8.72. The molecule has 0 spiro atoms. The zero-order valence-corrected chi connectivity index (χ0v) is 10.6. The van der Waals surface area contributed by atoms with Crippen molar-refractivity contribution in [1.29, 1.82) is 0 Å². The van der Waals surface area contributed by atoms with Gasteiger partial charge in [-0.3, -0.25) is 0 Å². The van der Waals surface area contributed by atoms with Crippen LogP contribution in [0.5, 0.6) is 0 Å². The molecular weight excluding hydrogens is 184 g/mol. The molecule has 0 fully saturated rings. The Hall–Kier alpha value is -0.560. The molecule has 0 saturated heterocycles. The summed E-state index contributed by atoms with van der Waals surface area (Å²) >= 11 is 0. The van der Waals surface area contributed by atoms with Crippen molar-refractivity contribution in [2.24, 2.45) is 17.8 Å². The van der Waals surface area contributed by atoms with Gasteiger partial charge in [-0.1, -0.05) is 52.0 Å². The summed E-state index contributed by atoms with van der Waals surface area (Å²) in [5, 5.41) is 8.85. The highest BCUT2D eigenvalue weighted by molar-refractivity contribution is 4.99. The molecule has 1 nitrogen and oxygen atoms in total. The molecule has 0 unspecified atom stereocenters. The molecule has 0 rings (SSSR count). The lowest BCUT2D eigenvalue weighted by molar-refractivity contribution is 0.239. The molecule has 0 amide bonds. The summed E-state index contributed by atoms with van der Waals surface area (Å²) in [5.41, 5.74) is 0. The summed E-state index contributed by atoms with van der Waals surface area (Å²) in [6.07, 6.45) is 11.0. The average molecular weight is 210 g/mol. The van der Waals surface area contributed by atoms with Gasteiger partial charge in [0.15, 0.2) is 0 Å². The minimum absolute atomic E-state index is 0.280. The van der Waals surface area contributed by atoms with Crippen LogP contribution in [-0.4, -0.2) is 11.7 Å². The molecular formula is C14H26O. The summed E-state index contributed by atoms with van der Waals surface area (Å²) in [5.74, 6) is 1.63. The third-order valence-electron chi connectivity index (χ3n) is 2.34. The second-order valence-electron chi connectivity index (χ2n) is 4.87. The Labute approximate surface area is 94.9 Å². The third kappa shape index (κ3) is 9.74. The maximum absolute atomic E-state index is 8.85. The van der Waals surface area contributed by atoms with E-state index in [4.69, 9.17) is 5.11 Å². The van der Waals surface area contributed by atoms with E-state index in [2.05, 4.69) is 52.0 Å². The number of hydrogen-bond donors (Lipinski definition) is 1. The van der Waals surface area contributed by atoms with Crippen LogP contribution in [0.25, 0.3) is 0 Å². The Kier molecular flexibility index (Phi) is 8.40. The molecule has 2 atom stereocenters. The molecule has 0 bridgehead atoms. The molecule has 88 valence electrons. The SMILES string of the molecule is CC(C)CC=C[C@@H](C)/C=C/C[C@@H](C)CO. The van der Waals surface area contributed by atoms with Crippen LogP contribution < -0.4 is 0 Å². The van der Waals surface area contributed by atoms with E-state index in [0.717, 1.165) is 18.8 Å². The van der Waals surface area contributed by atoms with E-state index in [1.165, 1.54) is 0 Å². The normalized spacial score (nSPS) is 16.7. The van der Waals surface area contributed by atoms with Crippen molar-refractivity contribution < 1.29 is 5.11 Å². The molecule has 0 saturated carbocycles. The first-order valence-electron chi connectivity index (χ1n) is 6.00. The first-order valence-corrected chi connectivity index (χ1v) is 6.00. The molecule has 0 aliphatic heterocycles. The number of aliphatic hydroxyl groups is 1. The van der Waals surface area contributed by atoms with Gasteiger partial charge in [-0.05, 0) is 30.6 Å². The zero-order valence-electron chi connectivity index (χ0n) is 10.6. The Morgan fingerprint density at radius 3 is 1.93 bits per heavy atom. The number of hydrogen-bond acceptors (Lipinski definition) is 1. The maximum atomic E-state index is 8.85. The molecule has 0 aliphatic rings. The summed E-state index contributed by atoms with van der Waals surface area (Å²) in [6, 6.07) is 0. The number of aliphatic hydroxyl groups excluding tert-OH is 1. The van der Waals surface area contributed by atoms with Crippen molar-refractivity contribution in [2.75, 3.05) is 6.61 Å². The highest BCUT2D eigenvalue weighted by atomic mass is 16.3. The minimum Gasteiger partial charge on any atom is -0.396 e. The second-order valence-corrected chi connectivity index (χ2v) is 4.87. The van der Waals surface area contributed by atoms with Gasteiger partial charge >= 0.3 is 0 Å². The summed E-state index contributed by atoms with van der Waals surface area (Å²) in [6.45, 7) is 8.99. The number of allylic oxidation sites excluding steroid dienone is 4.